The van der Waals surface area contributed by atoms with Crippen molar-refractivity contribution in [2.45, 2.75) is 43.7 Å². The number of methoxy groups -OCH3 is 1. The number of nitrogens with one attached hydrogen (secondary N) is 1. The summed E-state index contributed by atoms with van der Waals surface area (Å²) in [5, 5.41) is 11.6. The van der Waals surface area contributed by atoms with Gasteiger partial charge in [-0.05, 0) is 25.7 Å². The van der Waals surface area contributed by atoms with Crippen LogP contribution in [0.5, 0.6) is 0 Å². The van der Waals surface area contributed by atoms with Gasteiger partial charge in [0, 0.05) is 13.7 Å². The molecule has 4 N–H and O–H groups in total. The maximum Gasteiger partial charge on any atom is 0.305 e. The number of amides is 1. The Balaban J connectivity index is 2.45. The number of carbonyl (C=O) groups excluding carboxylic acids is 1. The molecule has 1 aliphatic carbocycles. The van der Waals surface area contributed by atoms with E-state index < -0.39 is 17.6 Å². The first-order chi connectivity index (χ1) is 7.99. The summed E-state index contributed by atoms with van der Waals surface area (Å²) < 4.78 is 4.84. The average Bonchev–Trinajstić information content (AvgIpc) is 2.21. The van der Waals surface area contributed by atoms with Crippen LogP contribution in [0.15, 0.2) is 0 Å². The highest BCUT2D eigenvalue weighted by molar-refractivity contribution is 5.83. The zero-order chi connectivity index (χ0) is 12.9. The predicted octanol–water partition coefficient (Wildman–Crippen LogP) is -0.136. The van der Waals surface area contributed by atoms with E-state index in [4.69, 9.17) is 15.6 Å². The topological polar surface area (TPSA) is 102 Å². The Hall–Kier alpha value is -1.14. The van der Waals surface area contributed by atoms with Gasteiger partial charge in [0.1, 0.15) is 0 Å². The Morgan fingerprint density at radius 1 is 1.53 bits per heavy atom. The summed E-state index contributed by atoms with van der Waals surface area (Å²) in [6.45, 7) is 0.417. The Kier molecular flexibility index (Phi) is 4.89. The highest BCUT2D eigenvalue weighted by Crippen LogP contribution is 2.34. The molecule has 0 radical (unpaired) electrons. The monoisotopic (exact) mass is 244 g/mol. The molecule has 1 unspecified atom stereocenters. The molecule has 6 nitrogen and oxygen atoms in total. The molecule has 0 aromatic rings. The van der Waals surface area contributed by atoms with Crippen molar-refractivity contribution in [3.8, 4) is 0 Å². The Bertz CT molecular complexity index is 289. The number of nitrogens with two attached hydrogens (primary N) is 1. The SMILES string of the molecule is COCCC(N)C(=O)NC1(CC(=O)O)CCC1. The van der Waals surface area contributed by atoms with Crippen molar-refractivity contribution in [3.05, 3.63) is 0 Å². The molecule has 98 valence electrons. The molecule has 1 saturated carbocycles. The highest BCUT2D eigenvalue weighted by atomic mass is 16.5. The summed E-state index contributed by atoms with van der Waals surface area (Å²) >= 11 is 0. The summed E-state index contributed by atoms with van der Waals surface area (Å²) in [6.07, 6.45) is 2.77. The Labute approximate surface area is 101 Å². The van der Waals surface area contributed by atoms with Gasteiger partial charge in [0.2, 0.25) is 5.91 Å². The molecule has 0 saturated heterocycles. The minimum atomic E-state index is -0.893. The second-order valence-corrected chi connectivity index (χ2v) is 4.58. The summed E-state index contributed by atoms with van der Waals surface area (Å²) in [6, 6.07) is -0.638. The third-order valence-electron chi connectivity index (χ3n) is 3.16. The number of rotatable bonds is 7. The van der Waals surface area contributed by atoms with E-state index in [1.54, 1.807) is 7.11 Å². The smallest absolute Gasteiger partial charge is 0.305 e. The predicted molar refractivity (Wildman–Crippen MR) is 61.4 cm³/mol. The van der Waals surface area contributed by atoms with Crippen molar-refractivity contribution >= 4 is 11.9 Å². The number of hydrogen-bond acceptors (Lipinski definition) is 4. The van der Waals surface area contributed by atoms with E-state index in [9.17, 15) is 9.59 Å². The van der Waals surface area contributed by atoms with Crippen molar-refractivity contribution in [1.29, 1.82) is 0 Å². The molecule has 1 amide bonds. The van der Waals surface area contributed by atoms with Crippen LogP contribution in [0.3, 0.4) is 0 Å². The van der Waals surface area contributed by atoms with E-state index in [2.05, 4.69) is 5.32 Å². The molecular formula is C11H20N2O4. The summed E-state index contributed by atoms with van der Waals surface area (Å²) in [4.78, 5) is 22.5. The third kappa shape index (κ3) is 3.98. The lowest BCUT2D eigenvalue weighted by molar-refractivity contribution is -0.140. The summed E-state index contributed by atoms with van der Waals surface area (Å²) in [5.41, 5.74) is 5.10. The Morgan fingerprint density at radius 2 is 2.18 bits per heavy atom. The van der Waals surface area contributed by atoms with Gasteiger partial charge in [0.25, 0.3) is 0 Å². The van der Waals surface area contributed by atoms with Gasteiger partial charge in [-0.3, -0.25) is 9.59 Å². The van der Waals surface area contributed by atoms with E-state index in [0.717, 1.165) is 6.42 Å². The molecule has 1 aliphatic rings. The molecule has 1 atom stereocenters. The Morgan fingerprint density at radius 3 is 2.59 bits per heavy atom. The molecule has 0 bridgehead atoms. The maximum atomic E-state index is 11.8. The van der Waals surface area contributed by atoms with Crippen LogP contribution in [-0.2, 0) is 14.3 Å². The van der Waals surface area contributed by atoms with Crippen LogP contribution >= 0.6 is 0 Å². The largest absolute Gasteiger partial charge is 0.481 e. The fourth-order valence-corrected chi connectivity index (χ4v) is 1.97. The lowest BCUT2D eigenvalue weighted by atomic mass is 9.74. The highest BCUT2D eigenvalue weighted by Gasteiger charge is 2.40. The normalized spacial score (nSPS) is 19.2. The van der Waals surface area contributed by atoms with E-state index in [0.29, 0.717) is 25.9 Å². The quantitative estimate of drug-likeness (QED) is 0.578. The molecule has 1 fully saturated rings. The average molecular weight is 244 g/mol. The van der Waals surface area contributed by atoms with E-state index in [-0.39, 0.29) is 12.3 Å². The van der Waals surface area contributed by atoms with Crippen LogP contribution in [0, 0.1) is 0 Å². The molecule has 0 aliphatic heterocycles. The lowest BCUT2D eigenvalue weighted by Crippen LogP contribution is -2.58. The van der Waals surface area contributed by atoms with Gasteiger partial charge in [-0.25, -0.2) is 0 Å². The molecule has 6 heteroatoms. The van der Waals surface area contributed by atoms with Crippen molar-refractivity contribution in [1.82, 2.24) is 5.32 Å². The number of carbonyl (C=O) groups is 2. The van der Waals surface area contributed by atoms with Gasteiger partial charge in [0.05, 0.1) is 18.0 Å². The molecule has 17 heavy (non-hydrogen) atoms. The summed E-state index contributed by atoms with van der Waals surface area (Å²) in [7, 11) is 1.54. The van der Waals surface area contributed by atoms with Crippen LogP contribution in [0.4, 0.5) is 0 Å². The molecule has 0 spiro atoms. The maximum absolute atomic E-state index is 11.8. The van der Waals surface area contributed by atoms with Crippen molar-refractivity contribution in [3.63, 3.8) is 0 Å². The van der Waals surface area contributed by atoms with Crippen molar-refractivity contribution < 1.29 is 19.4 Å². The van der Waals surface area contributed by atoms with E-state index in [1.165, 1.54) is 0 Å². The standard InChI is InChI=1S/C11H20N2O4/c1-17-6-3-8(12)10(16)13-11(4-2-5-11)7-9(14)15/h8H,2-7,12H2,1H3,(H,13,16)(H,14,15). The second kappa shape index (κ2) is 5.97. The number of aliphatic carboxylic acids is 1. The van der Waals surface area contributed by atoms with Crippen LogP contribution < -0.4 is 11.1 Å². The number of ether oxygens (including phenoxy) is 1. The zero-order valence-electron chi connectivity index (χ0n) is 10.1. The minimum Gasteiger partial charge on any atom is -0.481 e. The van der Waals surface area contributed by atoms with Crippen LogP contribution in [0.1, 0.15) is 32.1 Å². The molecule has 0 aromatic carbocycles. The fraction of sp³-hybridized carbons (Fsp3) is 0.818. The first-order valence-corrected chi connectivity index (χ1v) is 5.77. The number of hydrogen-bond donors (Lipinski definition) is 3. The zero-order valence-corrected chi connectivity index (χ0v) is 10.1. The van der Waals surface area contributed by atoms with Gasteiger partial charge >= 0.3 is 5.97 Å². The first-order valence-electron chi connectivity index (χ1n) is 5.77. The van der Waals surface area contributed by atoms with Crippen LogP contribution in [-0.4, -0.2) is 42.3 Å². The van der Waals surface area contributed by atoms with Gasteiger partial charge in [-0.1, -0.05) is 0 Å². The number of carboxylic acid groups (broad SMARTS) is 1. The van der Waals surface area contributed by atoms with Crippen molar-refractivity contribution in [2.75, 3.05) is 13.7 Å². The van der Waals surface area contributed by atoms with E-state index >= 15 is 0 Å². The third-order valence-corrected chi connectivity index (χ3v) is 3.16. The summed E-state index contributed by atoms with van der Waals surface area (Å²) in [5.74, 6) is -1.18. The van der Waals surface area contributed by atoms with Gasteiger partial charge in [0.15, 0.2) is 0 Å². The molecule has 1 rings (SSSR count). The van der Waals surface area contributed by atoms with Gasteiger partial charge in [-0.2, -0.15) is 0 Å². The molecule has 0 aromatic heterocycles. The lowest BCUT2D eigenvalue weighted by Gasteiger charge is -2.42. The van der Waals surface area contributed by atoms with Gasteiger partial charge in [-0.15, -0.1) is 0 Å². The first kappa shape index (κ1) is 13.9. The minimum absolute atomic E-state index is 0.0320. The van der Waals surface area contributed by atoms with Gasteiger partial charge < -0.3 is 20.9 Å². The fourth-order valence-electron chi connectivity index (χ4n) is 1.97. The van der Waals surface area contributed by atoms with Crippen LogP contribution in [0.2, 0.25) is 0 Å². The van der Waals surface area contributed by atoms with Crippen molar-refractivity contribution in [2.24, 2.45) is 5.73 Å². The number of carboxylic acids is 1. The molecular weight excluding hydrogens is 224 g/mol. The van der Waals surface area contributed by atoms with E-state index in [1.807, 2.05) is 0 Å². The van der Waals surface area contributed by atoms with Crippen LogP contribution in [0.25, 0.3) is 0 Å². The molecule has 0 heterocycles. The second-order valence-electron chi connectivity index (χ2n) is 4.58.